The molecule has 0 radical (unpaired) electrons. The molecule has 2 rings (SSSR count). The van der Waals surface area contributed by atoms with Gasteiger partial charge >= 0.3 is 6.18 Å². The second-order valence-electron chi connectivity index (χ2n) is 5.44. The highest BCUT2D eigenvalue weighted by Gasteiger charge is 2.37. The number of carbonyl (C=O) groups excluding carboxylic acids is 2. The molecule has 1 aliphatic rings. The molecule has 2 amide bonds. The fourth-order valence-corrected chi connectivity index (χ4v) is 2.48. The van der Waals surface area contributed by atoms with Crippen LogP contribution in [0.1, 0.15) is 28.8 Å². The first-order chi connectivity index (χ1) is 10.8. The molecule has 134 valence electrons. The SMILES string of the molecule is Cl.NCc1ccc(C(=O)NC2CCCN(CC(F)(F)F)C2=O)cc1. The number of rotatable bonds is 4. The van der Waals surface area contributed by atoms with Crippen molar-refractivity contribution >= 4 is 24.2 Å². The summed E-state index contributed by atoms with van der Waals surface area (Å²) in [6.07, 6.45) is -3.70. The van der Waals surface area contributed by atoms with Crippen LogP contribution < -0.4 is 11.1 Å². The van der Waals surface area contributed by atoms with Crippen LogP contribution in [-0.2, 0) is 11.3 Å². The maximum Gasteiger partial charge on any atom is 0.406 e. The van der Waals surface area contributed by atoms with E-state index in [0.717, 1.165) is 10.5 Å². The van der Waals surface area contributed by atoms with E-state index in [-0.39, 0.29) is 19.0 Å². The molecule has 1 unspecified atom stereocenters. The number of halogens is 4. The summed E-state index contributed by atoms with van der Waals surface area (Å²) in [4.78, 5) is 24.9. The molecule has 1 aromatic carbocycles. The van der Waals surface area contributed by atoms with Gasteiger partial charge in [-0.25, -0.2) is 0 Å². The minimum atomic E-state index is -4.44. The zero-order valence-electron chi connectivity index (χ0n) is 12.8. The standard InChI is InChI=1S/C15H18F3N3O2.ClH/c16-15(17,18)9-21-7-1-2-12(14(21)23)20-13(22)11-5-3-10(8-19)4-6-11;/h3-6,12H,1-2,7-9,19H2,(H,20,22);1H. The summed E-state index contributed by atoms with van der Waals surface area (Å²) in [5.74, 6) is -1.18. The molecular weight excluding hydrogens is 347 g/mol. The molecule has 1 atom stereocenters. The van der Waals surface area contributed by atoms with E-state index in [1.807, 2.05) is 0 Å². The second kappa shape index (κ2) is 8.34. The summed E-state index contributed by atoms with van der Waals surface area (Å²) in [7, 11) is 0. The summed E-state index contributed by atoms with van der Waals surface area (Å²) in [5.41, 5.74) is 6.66. The van der Waals surface area contributed by atoms with Crippen LogP contribution >= 0.6 is 12.4 Å². The Morgan fingerprint density at radius 3 is 2.46 bits per heavy atom. The van der Waals surface area contributed by atoms with Gasteiger partial charge in [-0.2, -0.15) is 13.2 Å². The van der Waals surface area contributed by atoms with Gasteiger partial charge in [0.15, 0.2) is 0 Å². The highest BCUT2D eigenvalue weighted by Crippen LogP contribution is 2.20. The van der Waals surface area contributed by atoms with E-state index in [0.29, 0.717) is 24.9 Å². The number of hydrogen-bond acceptors (Lipinski definition) is 3. The summed E-state index contributed by atoms with van der Waals surface area (Å²) >= 11 is 0. The highest BCUT2D eigenvalue weighted by molar-refractivity contribution is 5.97. The van der Waals surface area contributed by atoms with Crippen molar-refractivity contribution in [1.82, 2.24) is 10.2 Å². The summed E-state index contributed by atoms with van der Waals surface area (Å²) in [6, 6.07) is 5.59. The summed E-state index contributed by atoms with van der Waals surface area (Å²) in [5, 5.41) is 2.51. The lowest BCUT2D eigenvalue weighted by atomic mass is 10.0. The molecule has 3 N–H and O–H groups in total. The predicted molar refractivity (Wildman–Crippen MR) is 84.7 cm³/mol. The minimum absolute atomic E-state index is 0. The van der Waals surface area contributed by atoms with Gasteiger partial charge in [0.1, 0.15) is 12.6 Å². The molecule has 0 aromatic heterocycles. The van der Waals surface area contributed by atoms with E-state index in [1.165, 1.54) is 0 Å². The average molecular weight is 366 g/mol. The number of alkyl halides is 3. The van der Waals surface area contributed by atoms with Gasteiger partial charge in [0.25, 0.3) is 5.91 Å². The number of piperidine rings is 1. The van der Waals surface area contributed by atoms with Crippen LogP contribution in [0.3, 0.4) is 0 Å². The van der Waals surface area contributed by atoms with Crippen LogP contribution in [0.4, 0.5) is 13.2 Å². The Bertz CT molecular complexity index is 578. The predicted octanol–water partition coefficient (Wildman–Crippen LogP) is 1.85. The molecule has 0 bridgehead atoms. The fraction of sp³-hybridized carbons (Fsp3) is 0.467. The van der Waals surface area contributed by atoms with Crippen molar-refractivity contribution in [2.75, 3.05) is 13.1 Å². The minimum Gasteiger partial charge on any atom is -0.340 e. The lowest BCUT2D eigenvalue weighted by Crippen LogP contribution is -2.54. The largest absolute Gasteiger partial charge is 0.406 e. The smallest absolute Gasteiger partial charge is 0.340 e. The number of carbonyl (C=O) groups is 2. The van der Waals surface area contributed by atoms with Gasteiger partial charge in [0.05, 0.1) is 0 Å². The number of likely N-dealkylation sites (tertiary alicyclic amines) is 1. The Kier molecular flexibility index (Phi) is 7.04. The van der Waals surface area contributed by atoms with Gasteiger partial charge in [-0.15, -0.1) is 12.4 Å². The van der Waals surface area contributed by atoms with Gasteiger partial charge in [0, 0.05) is 18.7 Å². The van der Waals surface area contributed by atoms with E-state index in [4.69, 9.17) is 5.73 Å². The summed E-state index contributed by atoms with van der Waals surface area (Å²) in [6.45, 7) is -0.894. The van der Waals surface area contributed by atoms with E-state index in [2.05, 4.69) is 5.32 Å². The number of nitrogens with one attached hydrogen (secondary N) is 1. The van der Waals surface area contributed by atoms with Crippen LogP contribution in [0.25, 0.3) is 0 Å². The molecule has 9 heteroatoms. The lowest BCUT2D eigenvalue weighted by molar-refractivity contribution is -0.164. The Balaban J connectivity index is 0.00000288. The van der Waals surface area contributed by atoms with Crippen molar-refractivity contribution < 1.29 is 22.8 Å². The number of benzene rings is 1. The van der Waals surface area contributed by atoms with Gasteiger partial charge < -0.3 is 16.0 Å². The van der Waals surface area contributed by atoms with Crippen LogP contribution in [0.5, 0.6) is 0 Å². The maximum atomic E-state index is 12.4. The Labute approximate surface area is 143 Å². The molecule has 0 spiro atoms. The van der Waals surface area contributed by atoms with Crippen LogP contribution in [0, 0.1) is 0 Å². The molecule has 1 heterocycles. The van der Waals surface area contributed by atoms with Crippen molar-refractivity contribution in [3.8, 4) is 0 Å². The Hall–Kier alpha value is -1.80. The molecule has 24 heavy (non-hydrogen) atoms. The molecule has 0 aliphatic carbocycles. The quantitative estimate of drug-likeness (QED) is 0.855. The van der Waals surface area contributed by atoms with Crippen molar-refractivity contribution in [2.24, 2.45) is 5.73 Å². The first kappa shape index (κ1) is 20.2. The molecule has 1 aliphatic heterocycles. The Morgan fingerprint density at radius 1 is 1.29 bits per heavy atom. The van der Waals surface area contributed by atoms with Crippen molar-refractivity contribution in [1.29, 1.82) is 0 Å². The topological polar surface area (TPSA) is 75.4 Å². The van der Waals surface area contributed by atoms with Gasteiger partial charge in [-0.05, 0) is 30.5 Å². The van der Waals surface area contributed by atoms with Gasteiger partial charge in [-0.1, -0.05) is 12.1 Å². The monoisotopic (exact) mass is 365 g/mol. The van der Waals surface area contributed by atoms with Crippen molar-refractivity contribution in [2.45, 2.75) is 31.6 Å². The van der Waals surface area contributed by atoms with Gasteiger partial charge in [-0.3, -0.25) is 9.59 Å². The second-order valence-corrected chi connectivity index (χ2v) is 5.44. The van der Waals surface area contributed by atoms with Crippen LogP contribution in [-0.4, -0.2) is 42.0 Å². The normalized spacial score (nSPS) is 18.1. The number of nitrogens with zero attached hydrogens (tertiary/aromatic N) is 1. The molecule has 1 saturated heterocycles. The van der Waals surface area contributed by atoms with Crippen molar-refractivity contribution in [3.63, 3.8) is 0 Å². The number of amides is 2. The van der Waals surface area contributed by atoms with E-state index >= 15 is 0 Å². The van der Waals surface area contributed by atoms with Gasteiger partial charge in [0.2, 0.25) is 5.91 Å². The molecular formula is C15H19ClF3N3O2. The number of hydrogen-bond donors (Lipinski definition) is 2. The van der Waals surface area contributed by atoms with Crippen molar-refractivity contribution in [3.05, 3.63) is 35.4 Å². The van der Waals surface area contributed by atoms with E-state index < -0.39 is 30.6 Å². The molecule has 5 nitrogen and oxygen atoms in total. The highest BCUT2D eigenvalue weighted by atomic mass is 35.5. The molecule has 0 saturated carbocycles. The molecule has 1 fully saturated rings. The van der Waals surface area contributed by atoms with E-state index in [9.17, 15) is 22.8 Å². The third-order valence-electron chi connectivity index (χ3n) is 3.66. The average Bonchev–Trinajstić information content (AvgIpc) is 2.50. The first-order valence-corrected chi connectivity index (χ1v) is 7.25. The first-order valence-electron chi connectivity index (χ1n) is 7.25. The van der Waals surface area contributed by atoms with Crippen LogP contribution in [0.2, 0.25) is 0 Å². The third-order valence-corrected chi connectivity index (χ3v) is 3.66. The zero-order chi connectivity index (χ0) is 17.0. The fourth-order valence-electron chi connectivity index (χ4n) is 2.48. The third kappa shape index (κ3) is 5.38. The zero-order valence-corrected chi connectivity index (χ0v) is 13.6. The van der Waals surface area contributed by atoms with E-state index in [1.54, 1.807) is 24.3 Å². The summed E-state index contributed by atoms with van der Waals surface area (Å²) < 4.78 is 37.3. The Morgan fingerprint density at radius 2 is 1.92 bits per heavy atom. The molecule has 1 aromatic rings. The number of nitrogens with two attached hydrogens (primary N) is 1. The van der Waals surface area contributed by atoms with Crippen LogP contribution in [0.15, 0.2) is 24.3 Å². The lowest BCUT2D eigenvalue weighted by Gasteiger charge is -2.33. The maximum absolute atomic E-state index is 12.4.